The predicted octanol–water partition coefficient (Wildman–Crippen LogP) is 4.72. The second kappa shape index (κ2) is 19.8. The van der Waals surface area contributed by atoms with Crippen LogP contribution in [0.1, 0.15) is 71.1 Å². The summed E-state index contributed by atoms with van der Waals surface area (Å²) in [6.45, 7) is 2.27. The molecule has 0 saturated heterocycles. The molecule has 0 heterocycles. The van der Waals surface area contributed by atoms with Gasteiger partial charge in [-0.3, -0.25) is 0 Å². The molecule has 0 fully saturated rings. The van der Waals surface area contributed by atoms with Crippen molar-refractivity contribution in [3.63, 3.8) is 0 Å². The van der Waals surface area contributed by atoms with Crippen molar-refractivity contribution in [3.8, 4) is 0 Å². The minimum atomic E-state index is 0.844. The van der Waals surface area contributed by atoms with E-state index in [1.165, 1.54) is 71.3 Å². The van der Waals surface area contributed by atoms with Gasteiger partial charge < -0.3 is 5.73 Å². The molecule has 15 heavy (non-hydrogen) atoms. The van der Waals surface area contributed by atoms with Crippen LogP contribution in [0.5, 0.6) is 0 Å². The number of rotatable bonds is 10. The molecule has 0 rings (SSSR count). The Bertz CT molecular complexity index is 76.6. The van der Waals surface area contributed by atoms with Crippen LogP contribution >= 0.6 is 11.6 Å². The Labute approximate surface area is 102 Å². The Morgan fingerprint density at radius 1 is 0.667 bits per heavy atom. The van der Waals surface area contributed by atoms with Crippen LogP contribution in [0, 0.1) is 0 Å². The lowest BCUT2D eigenvalue weighted by Crippen LogP contribution is -1.81. The largest absolute Gasteiger partial charge is 0.333 e. The molecule has 0 aromatic rings. The van der Waals surface area contributed by atoms with Gasteiger partial charge in [-0.25, -0.2) is 0 Å². The highest BCUT2D eigenvalue weighted by atomic mass is 35.5. The zero-order chi connectivity index (χ0) is 11.8. The van der Waals surface area contributed by atoms with E-state index in [9.17, 15) is 0 Å². The van der Waals surface area contributed by atoms with Crippen molar-refractivity contribution in [1.29, 1.82) is 0 Å². The number of hydrogen-bond acceptors (Lipinski definition) is 1. The normalized spacial score (nSPS) is 9.60. The van der Waals surface area contributed by atoms with Gasteiger partial charge in [0.2, 0.25) is 0 Å². The molecule has 0 aromatic heterocycles. The third-order valence-corrected chi connectivity index (χ3v) is 2.75. The highest BCUT2D eigenvalue weighted by Crippen LogP contribution is 2.10. The van der Waals surface area contributed by atoms with E-state index < -0.39 is 0 Å². The van der Waals surface area contributed by atoms with Gasteiger partial charge in [0.1, 0.15) is 0 Å². The van der Waals surface area contributed by atoms with Crippen molar-refractivity contribution >= 4 is 11.6 Å². The molecule has 0 saturated carbocycles. The summed E-state index contributed by atoms with van der Waals surface area (Å²) in [7, 11) is 1.50. The first-order chi connectivity index (χ1) is 7.41. The molecule has 0 amide bonds. The molecule has 0 unspecified atom stereocenters. The van der Waals surface area contributed by atoms with Crippen molar-refractivity contribution in [2.45, 2.75) is 71.1 Å². The fourth-order valence-corrected chi connectivity index (χ4v) is 1.77. The van der Waals surface area contributed by atoms with Crippen LogP contribution in [0.4, 0.5) is 0 Å². The monoisotopic (exact) mass is 235 g/mol. The third-order valence-electron chi connectivity index (χ3n) is 2.49. The van der Waals surface area contributed by atoms with Gasteiger partial charge in [0.05, 0.1) is 0 Å². The average Bonchev–Trinajstić information content (AvgIpc) is 2.30. The van der Waals surface area contributed by atoms with Crippen LogP contribution < -0.4 is 5.73 Å². The molecule has 94 valence electrons. The molecule has 0 aliphatic heterocycles. The van der Waals surface area contributed by atoms with Crippen molar-refractivity contribution in [3.05, 3.63) is 0 Å². The van der Waals surface area contributed by atoms with Gasteiger partial charge in [-0.2, -0.15) is 0 Å². The highest BCUT2D eigenvalue weighted by Gasteiger charge is 1.91. The van der Waals surface area contributed by atoms with Crippen molar-refractivity contribution in [1.82, 2.24) is 0 Å². The number of nitrogens with two attached hydrogens (primary N) is 1. The number of halogens is 1. The summed E-state index contributed by atoms with van der Waals surface area (Å²) in [6.07, 6.45) is 13.9. The minimum Gasteiger partial charge on any atom is -0.333 e. The summed E-state index contributed by atoms with van der Waals surface area (Å²) in [5.41, 5.74) is 4.50. The Morgan fingerprint density at radius 3 is 1.33 bits per heavy atom. The van der Waals surface area contributed by atoms with E-state index in [1.54, 1.807) is 0 Å². The van der Waals surface area contributed by atoms with Crippen LogP contribution in [-0.4, -0.2) is 12.9 Å². The predicted molar refractivity (Wildman–Crippen MR) is 72.7 cm³/mol. The number of alkyl halides is 1. The van der Waals surface area contributed by atoms with E-state index in [2.05, 4.69) is 12.7 Å². The molecule has 2 heteroatoms. The van der Waals surface area contributed by atoms with E-state index >= 15 is 0 Å². The zero-order valence-corrected chi connectivity index (χ0v) is 11.5. The first kappa shape index (κ1) is 17.6. The maximum absolute atomic E-state index is 5.60. The van der Waals surface area contributed by atoms with Gasteiger partial charge in [0.15, 0.2) is 0 Å². The van der Waals surface area contributed by atoms with Gasteiger partial charge in [-0.15, -0.1) is 11.6 Å². The second-order valence-corrected chi connectivity index (χ2v) is 4.25. The van der Waals surface area contributed by atoms with Gasteiger partial charge in [-0.1, -0.05) is 64.7 Å². The van der Waals surface area contributed by atoms with Crippen LogP contribution in [0.3, 0.4) is 0 Å². The Balaban J connectivity index is 0. The highest BCUT2D eigenvalue weighted by molar-refractivity contribution is 6.17. The van der Waals surface area contributed by atoms with Gasteiger partial charge in [-0.05, 0) is 13.5 Å². The molecule has 2 N–H and O–H groups in total. The van der Waals surface area contributed by atoms with Crippen LogP contribution in [-0.2, 0) is 0 Å². The van der Waals surface area contributed by atoms with Crippen molar-refractivity contribution < 1.29 is 0 Å². The summed E-state index contributed by atoms with van der Waals surface area (Å²) in [6, 6.07) is 0. The molecule has 1 nitrogen and oxygen atoms in total. The summed E-state index contributed by atoms with van der Waals surface area (Å²) in [5.74, 6) is 0.844. The summed E-state index contributed by atoms with van der Waals surface area (Å²) < 4.78 is 0. The molecule has 0 aliphatic rings. The maximum Gasteiger partial charge on any atom is 0.0223 e. The van der Waals surface area contributed by atoms with Crippen LogP contribution in [0.15, 0.2) is 0 Å². The Kier molecular flexibility index (Phi) is 23.2. The van der Waals surface area contributed by atoms with Crippen molar-refractivity contribution in [2.75, 3.05) is 12.9 Å². The molecule has 0 bridgehead atoms. The fourth-order valence-electron chi connectivity index (χ4n) is 1.58. The van der Waals surface area contributed by atoms with Crippen LogP contribution in [0.25, 0.3) is 0 Å². The van der Waals surface area contributed by atoms with Gasteiger partial charge in [0.25, 0.3) is 0 Å². The average molecular weight is 236 g/mol. The molecule has 0 radical (unpaired) electrons. The van der Waals surface area contributed by atoms with Gasteiger partial charge in [0, 0.05) is 5.88 Å². The van der Waals surface area contributed by atoms with E-state index in [0.29, 0.717) is 0 Å². The van der Waals surface area contributed by atoms with E-state index in [1.807, 2.05) is 0 Å². The molecule has 0 spiro atoms. The maximum atomic E-state index is 5.60. The SMILES string of the molecule is CCCCCCCCCCCCCl.CN. The summed E-state index contributed by atoms with van der Waals surface area (Å²) >= 11 is 5.60. The molecule has 0 aliphatic carbocycles. The minimum absolute atomic E-state index is 0.844. The fraction of sp³-hybridized carbons (Fsp3) is 1.00. The first-order valence-electron chi connectivity index (χ1n) is 6.55. The Morgan fingerprint density at radius 2 is 1.00 bits per heavy atom. The quantitative estimate of drug-likeness (QED) is 0.430. The summed E-state index contributed by atoms with van der Waals surface area (Å²) in [5, 5.41) is 0. The van der Waals surface area contributed by atoms with Crippen molar-refractivity contribution in [2.24, 2.45) is 5.73 Å². The molecular weight excluding hydrogens is 206 g/mol. The van der Waals surface area contributed by atoms with Crippen LogP contribution in [0.2, 0.25) is 0 Å². The number of hydrogen-bond donors (Lipinski definition) is 1. The molecule has 0 atom stereocenters. The standard InChI is InChI=1S/C12H25Cl.CH5N/c1-2-3-4-5-6-7-8-9-10-11-12-13;1-2/h2-12H2,1H3;2H2,1H3. The van der Waals surface area contributed by atoms with E-state index in [4.69, 9.17) is 11.6 Å². The lowest BCUT2D eigenvalue weighted by molar-refractivity contribution is 0.563. The van der Waals surface area contributed by atoms with E-state index in [-0.39, 0.29) is 0 Å². The molecule has 0 aromatic carbocycles. The second-order valence-electron chi connectivity index (χ2n) is 3.87. The van der Waals surface area contributed by atoms with Gasteiger partial charge >= 0.3 is 0 Å². The zero-order valence-electron chi connectivity index (χ0n) is 10.7. The first-order valence-corrected chi connectivity index (χ1v) is 7.09. The Hall–Kier alpha value is 0.250. The smallest absolute Gasteiger partial charge is 0.0223 e. The van der Waals surface area contributed by atoms with E-state index in [0.717, 1.165) is 5.88 Å². The topological polar surface area (TPSA) is 26.0 Å². The lowest BCUT2D eigenvalue weighted by atomic mass is 10.1. The number of unbranched alkanes of at least 4 members (excludes halogenated alkanes) is 9. The third kappa shape index (κ3) is 20.4. The lowest BCUT2D eigenvalue weighted by Gasteiger charge is -2.00. The molecular formula is C13H30ClN. The summed E-state index contributed by atoms with van der Waals surface area (Å²) in [4.78, 5) is 0.